The lowest BCUT2D eigenvalue weighted by molar-refractivity contribution is 0.0762. The molecule has 0 spiro atoms. The van der Waals surface area contributed by atoms with Crippen molar-refractivity contribution >= 4 is 5.91 Å². The predicted molar refractivity (Wildman–Crippen MR) is 69.3 cm³/mol. The zero-order valence-corrected chi connectivity index (χ0v) is 10.9. The zero-order valence-electron chi connectivity index (χ0n) is 10.9. The van der Waals surface area contributed by atoms with E-state index in [1.54, 1.807) is 18.2 Å². The Labute approximate surface area is 103 Å². The number of aryl methyl sites for hydroxylation is 1. The fraction of sp³-hybridized carbons (Fsp3) is 0.500. The first-order valence-electron chi connectivity index (χ1n) is 6.19. The summed E-state index contributed by atoms with van der Waals surface area (Å²) in [4.78, 5) is 14.0. The van der Waals surface area contributed by atoms with E-state index < -0.39 is 0 Å². The molecule has 1 aromatic rings. The first-order valence-corrected chi connectivity index (χ1v) is 6.19. The van der Waals surface area contributed by atoms with Gasteiger partial charge in [0.2, 0.25) is 0 Å². The topological polar surface area (TPSA) is 40.5 Å². The number of nitrogens with zero attached hydrogens (tertiary/aromatic N) is 1. The third kappa shape index (κ3) is 3.48. The minimum absolute atomic E-state index is 0.00347. The van der Waals surface area contributed by atoms with Crippen LogP contribution in [0, 0.1) is 6.92 Å². The van der Waals surface area contributed by atoms with Gasteiger partial charge in [0.05, 0.1) is 0 Å². The van der Waals surface area contributed by atoms with Gasteiger partial charge in [-0.2, -0.15) is 0 Å². The molecule has 0 unspecified atom stereocenters. The number of rotatable bonds is 5. The van der Waals surface area contributed by atoms with Crippen molar-refractivity contribution < 1.29 is 9.90 Å². The minimum Gasteiger partial charge on any atom is -0.508 e. The number of phenols is 1. The van der Waals surface area contributed by atoms with Crippen LogP contribution in [0.2, 0.25) is 0 Å². The highest BCUT2D eigenvalue weighted by Crippen LogP contribution is 2.18. The largest absolute Gasteiger partial charge is 0.508 e. The quantitative estimate of drug-likeness (QED) is 0.852. The lowest BCUT2D eigenvalue weighted by Gasteiger charge is -2.20. The van der Waals surface area contributed by atoms with Crippen LogP contribution in [0.1, 0.15) is 42.6 Å². The number of phenolic OH excluding ortho intramolecular Hbond substituents is 1. The number of benzene rings is 1. The lowest BCUT2D eigenvalue weighted by Crippen LogP contribution is -2.31. The summed E-state index contributed by atoms with van der Waals surface area (Å²) in [6.45, 7) is 7.38. The van der Waals surface area contributed by atoms with Gasteiger partial charge >= 0.3 is 0 Å². The maximum absolute atomic E-state index is 12.2. The molecule has 0 atom stereocenters. The molecule has 1 N–H and O–H groups in total. The smallest absolute Gasteiger partial charge is 0.253 e. The van der Waals surface area contributed by atoms with Crippen LogP contribution in [-0.2, 0) is 0 Å². The number of amides is 1. The highest BCUT2D eigenvalue weighted by atomic mass is 16.3. The van der Waals surface area contributed by atoms with Gasteiger partial charge in [-0.1, -0.05) is 19.4 Å². The first kappa shape index (κ1) is 13.6. The maximum atomic E-state index is 12.2. The Bertz CT molecular complexity index is 388. The summed E-state index contributed by atoms with van der Waals surface area (Å²) in [6, 6.07) is 5.09. The Morgan fingerprint density at radius 1 is 1.35 bits per heavy atom. The molecule has 1 aromatic carbocycles. The summed E-state index contributed by atoms with van der Waals surface area (Å²) in [7, 11) is 0. The summed E-state index contributed by atoms with van der Waals surface area (Å²) >= 11 is 0. The summed E-state index contributed by atoms with van der Waals surface area (Å²) in [5.74, 6) is 0.179. The number of hydrogen-bond donors (Lipinski definition) is 1. The summed E-state index contributed by atoms with van der Waals surface area (Å²) in [6.07, 6.45) is 2.08. The van der Waals surface area contributed by atoms with Gasteiger partial charge in [-0.3, -0.25) is 4.79 Å². The van der Waals surface area contributed by atoms with Crippen LogP contribution < -0.4 is 0 Å². The highest BCUT2D eigenvalue weighted by Gasteiger charge is 2.14. The van der Waals surface area contributed by atoms with Crippen molar-refractivity contribution in [3.8, 4) is 5.75 Å². The van der Waals surface area contributed by atoms with Crippen molar-refractivity contribution in [3.05, 3.63) is 29.3 Å². The molecule has 0 aliphatic rings. The van der Waals surface area contributed by atoms with E-state index in [0.29, 0.717) is 12.1 Å². The van der Waals surface area contributed by atoms with Crippen LogP contribution in [-0.4, -0.2) is 29.0 Å². The molecule has 94 valence electrons. The highest BCUT2D eigenvalue weighted by molar-refractivity contribution is 5.94. The minimum atomic E-state index is -0.00347. The van der Waals surface area contributed by atoms with E-state index in [9.17, 15) is 9.90 Å². The van der Waals surface area contributed by atoms with E-state index in [4.69, 9.17) is 0 Å². The van der Waals surface area contributed by atoms with Gasteiger partial charge in [0.25, 0.3) is 5.91 Å². The molecule has 1 rings (SSSR count). The monoisotopic (exact) mass is 235 g/mol. The van der Waals surface area contributed by atoms with Crippen molar-refractivity contribution in [2.24, 2.45) is 0 Å². The van der Waals surface area contributed by atoms with Gasteiger partial charge in [-0.15, -0.1) is 0 Å². The molecule has 0 bridgehead atoms. The van der Waals surface area contributed by atoms with Gasteiger partial charge in [-0.05, 0) is 38.0 Å². The lowest BCUT2D eigenvalue weighted by atomic mass is 10.1. The second-order valence-electron chi connectivity index (χ2n) is 4.24. The molecular weight excluding hydrogens is 214 g/mol. The van der Waals surface area contributed by atoms with Crippen molar-refractivity contribution in [2.75, 3.05) is 13.1 Å². The summed E-state index contributed by atoms with van der Waals surface area (Å²) < 4.78 is 0. The number of hydrogen-bond acceptors (Lipinski definition) is 2. The van der Waals surface area contributed by atoms with Crippen molar-refractivity contribution in [1.82, 2.24) is 4.90 Å². The molecular formula is C14H21NO2. The molecule has 0 aromatic heterocycles. The normalized spacial score (nSPS) is 10.3. The molecule has 0 aliphatic heterocycles. The van der Waals surface area contributed by atoms with Crippen molar-refractivity contribution in [2.45, 2.75) is 33.6 Å². The SMILES string of the molecule is CCCCN(CC)C(=O)c1ccc(C)c(O)c1. The van der Waals surface area contributed by atoms with E-state index >= 15 is 0 Å². The van der Waals surface area contributed by atoms with Crippen LogP contribution in [0.25, 0.3) is 0 Å². The molecule has 0 heterocycles. The van der Waals surface area contributed by atoms with Gasteiger partial charge in [0, 0.05) is 18.7 Å². The molecule has 1 amide bonds. The van der Waals surface area contributed by atoms with E-state index in [2.05, 4.69) is 6.92 Å². The molecule has 0 fully saturated rings. The van der Waals surface area contributed by atoms with Gasteiger partial charge in [0.1, 0.15) is 5.75 Å². The maximum Gasteiger partial charge on any atom is 0.253 e. The predicted octanol–water partition coefficient (Wildman–Crippen LogP) is 2.96. The standard InChI is InChI=1S/C14H21NO2/c1-4-6-9-15(5-2)14(17)12-8-7-11(3)13(16)10-12/h7-8,10,16H,4-6,9H2,1-3H3. The number of carbonyl (C=O) groups excluding carboxylic acids is 1. The van der Waals surface area contributed by atoms with Crippen LogP contribution in [0.4, 0.5) is 0 Å². The average molecular weight is 235 g/mol. The van der Waals surface area contributed by atoms with E-state index in [1.807, 2.05) is 18.7 Å². The zero-order chi connectivity index (χ0) is 12.8. The second kappa shape index (κ2) is 6.28. The molecule has 3 heteroatoms. The fourth-order valence-corrected chi connectivity index (χ4v) is 1.68. The third-order valence-electron chi connectivity index (χ3n) is 2.91. The van der Waals surface area contributed by atoms with Gasteiger partial charge < -0.3 is 10.0 Å². The Hall–Kier alpha value is -1.51. The van der Waals surface area contributed by atoms with Crippen LogP contribution >= 0.6 is 0 Å². The Balaban J connectivity index is 2.82. The fourth-order valence-electron chi connectivity index (χ4n) is 1.68. The Morgan fingerprint density at radius 3 is 2.59 bits per heavy atom. The summed E-state index contributed by atoms with van der Waals surface area (Å²) in [5, 5.41) is 9.61. The first-order chi connectivity index (χ1) is 8.10. The number of carbonyl (C=O) groups is 1. The van der Waals surface area contributed by atoms with E-state index in [1.165, 1.54) is 0 Å². The molecule has 3 nitrogen and oxygen atoms in total. The molecule has 0 radical (unpaired) electrons. The Morgan fingerprint density at radius 2 is 2.06 bits per heavy atom. The van der Waals surface area contributed by atoms with Crippen molar-refractivity contribution in [3.63, 3.8) is 0 Å². The third-order valence-corrected chi connectivity index (χ3v) is 2.91. The van der Waals surface area contributed by atoms with Crippen LogP contribution in [0.3, 0.4) is 0 Å². The number of unbranched alkanes of at least 4 members (excludes halogenated alkanes) is 1. The van der Waals surface area contributed by atoms with Gasteiger partial charge in [-0.25, -0.2) is 0 Å². The molecule has 0 aliphatic carbocycles. The van der Waals surface area contributed by atoms with Gasteiger partial charge in [0.15, 0.2) is 0 Å². The molecule has 17 heavy (non-hydrogen) atoms. The number of aromatic hydroxyl groups is 1. The molecule has 0 saturated heterocycles. The Kier molecular flexibility index (Phi) is 5.01. The second-order valence-corrected chi connectivity index (χ2v) is 4.24. The van der Waals surface area contributed by atoms with Crippen LogP contribution in [0.15, 0.2) is 18.2 Å². The van der Waals surface area contributed by atoms with E-state index in [-0.39, 0.29) is 11.7 Å². The van der Waals surface area contributed by atoms with E-state index in [0.717, 1.165) is 24.9 Å². The van der Waals surface area contributed by atoms with Crippen molar-refractivity contribution in [1.29, 1.82) is 0 Å². The molecule has 0 saturated carbocycles. The summed E-state index contributed by atoms with van der Waals surface area (Å²) in [5.41, 5.74) is 1.35. The van der Waals surface area contributed by atoms with Crippen LogP contribution in [0.5, 0.6) is 5.75 Å². The average Bonchev–Trinajstić information content (AvgIpc) is 2.33.